The largest absolute Gasteiger partial charge is 0.469 e. The Labute approximate surface area is 199 Å². The summed E-state index contributed by atoms with van der Waals surface area (Å²) < 4.78 is 10.2. The molecule has 9 atom stereocenters. The van der Waals surface area contributed by atoms with Gasteiger partial charge >= 0.3 is 11.9 Å². The van der Waals surface area contributed by atoms with Crippen LogP contribution < -0.4 is 0 Å². The molecule has 4 aliphatic rings. The average molecular weight is 461 g/mol. The highest BCUT2D eigenvalue weighted by atomic mass is 16.5. The number of Topliss-reactive ketones (excluding diaryl/α,β-unsaturated/α-hetero) is 1. The van der Waals surface area contributed by atoms with Crippen LogP contribution in [0.25, 0.3) is 0 Å². The second kappa shape index (κ2) is 9.34. The first-order valence-electron chi connectivity index (χ1n) is 13.4. The highest BCUT2D eigenvalue weighted by Gasteiger charge is 2.62. The summed E-state index contributed by atoms with van der Waals surface area (Å²) in [5.74, 6) is 3.26. The molecule has 33 heavy (non-hydrogen) atoms. The molecule has 0 aromatic heterocycles. The first kappa shape index (κ1) is 24.7. The predicted molar refractivity (Wildman–Crippen MR) is 126 cm³/mol. The zero-order chi connectivity index (χ0) is 24.0. The molecule has 0 radical (unpaired) electrons. The predicted octanol–water partition coefficient (Wildman–Crippen LogP) is 5.74. The molecule has 5 heteroatoms. The molecule has 0 aliphatic heterocycles. The fourth-order valence-corrected chi connectivity index (χ4v) is 9.26. The summed E-state index contributed by atoms with van der Waals surface area (Å²) in [6.45, 7) is 8.74. The molecule has 1 unspecified atom stereocenters. The Kier molecular flexibility index (Phi) is 7.00. The van der Waals surface area contributed by atoms with Crippen LogP contribution in [0.15, 0.2) is 0 Å². The third-order valence-electron chi connectivity index (χ3n) is 10.8. The molecule has 186 valence electrons. The van der Waals surface area contributed by atoms with Gasteiger partial charge in [0.15, 0.2) is 11.9 Å². The normalized spacial score (nSPS) is 43.1. The lowest BCUT2D eigenvalue weighted by Crippen LogP contribution is -2.57. The van der Waals surface area contributed by atoms with Crippen molar-refractivity contribution in [2.45, 2.75) is 104 Å². The van der Waals surface area contributed by atoms with E-state index in [0.29, 0.717) is 30.1 Å². The van der Waals surface area contributed by atoms with Gasteiger partial charge in [-0.05, 0) is 105 Å². The molecular weight excluding hydrogens is 416 g/mol. The molecule has 0 amide bonds. The number of esters is 2. The lowest BCUT2D eigenvalue weighted by atomic mass is 9.44. The third kappa shape index (κ3) is 4.27. The van der Waals surface area contributed by atoms with Gasteiger partial charge in [0.05, 0.1) is 7.11 Å². The Morgan fingerprint density at radius 1 is 1.00 bits per heavy atom. The molecule has 4 fully saturated rings. The van der Waals surface area contributed by atoms with Crippen LogP contribution in [-0.2, 0) is 23.9 Å². The minimum absolute atomic E-state index is 0.0515. The standard InChI is InChI=1S/C28H44O5/c1-17(7-6-8-25(30)32-5)20-11-12-21-19-9-10-23-26(31)24(33-18(2)29)14-16-28(23,4)22(19)13-15-27(20,21)3/h17,19-24H,6-16H2,1-5H3/t17-,19+,20-,21+,22+,23?,24+,27-,28-/m1/s1. The number of carbonyl (C=O) groups excluding carboxylic acids is 3. The van der Waals surface area contributed by atoms with Crippen LogP contribution in [0.3, 0.4) is 0 Å². The van der Waals surface area contributed by atoms with E-state index < -0.39 is 6.10 Å². The lowest BCUT2D eigenvalue weighted by Gasteiger charge is -2.60. The molecule has 4 aliphatic carbocycles. The molecule has 0 N–H and O–H groups in total. The quantitative estimate of drug-likeness (QED) is 0.473. The number of ketones is 1. The zero-order valence-corrected chi connectivity index (χ0v) is 21.4. The number of ether oxygens (including phenoxy) is 2. The molecule has 0 aromatic carbocycles. The smallest absolute Gasteiger partial charge is 0.305 e. The van der Waals surface area contributed by atoms with Crippen LogP contribution in [0.4, 0.5) is 0 Å². The minimum Gasteiger partial charge on any atom is -0.469 e. The summed E-state index contributed by atoms with van der Waals surface area (Å²) in [6.07, 6.45) is 10.9. The van der Waals surface area contributed by atoms with E-state index in [1.165, 1.54) is 39.7 Å². The Bertz CT molecular complexity index is 776. The van der Waals surface area contributed by atoms with Crippen LogP contribution in [0.5, 0.6) is 0 Å². The monoisotopic (exact) mass is 460 g/mol. The maximum absolute atomic E-state index is 13.3. The Hall–Kier alpha value is -1.39. The first-order valence-corrected chi connectivity index (χ1v) is 13.4. The van der Waals surface area contributed by atoms with Gasteiger partial charge in [-0.1, -0.05) is 20.8 Å². The summed E-state index contributed by atoms with van der Waals surface area (Å²) >= 11 is 0. The number of hydrogen-bond acceptors (Lipinski definition) is 5. The Balaban J connectivity index is 1.45. The number of rotatable bonds is 6. The van der Waals surface area contributed by atoms with E-state index in [4.69, 9.17) is 9.47 Å². The number of hydrogen-bond donors (Lipinski definition) is 0. The van der Waals surface area contributed by atoms with E-state index in [0.717, 1.165) is 49.9 Å². The van der Waals surface area contributed by atoms with Crippen molar-refractivity contribution in [2.24, 2.45) is 46.3 Å². The molecule has 0 bridgehead atoms. The van der Waals surface area contributed by atoms with Gasteiger partial charge in [-0.2, -0.15) is 0 Å². The molecular formula is C28H44O5. The van der Waals surface area contributed by atoms with E-state index in [2.05, 4.69) is 20.8 Å². The van der Waals surface area contributed by atoms with Crippen LogP contribution >= 0.6 is 0 Å². The highest BCUT2D eigenvalue weighted by molar-refractivity contribution is 5.89. The second-order valence-electron chi connectivity index (χ2n) is 12.2. The van der Waals surface area contributed by atoms with Gasteiger partial charge in [-0.3, -0.25) is 14.4 Å². The van der Waals surface area contributed by atoms with Crippen LogP contribution in [0.2, 0.25) is 0 Å². The van der Waals surface area contributed by atoms with Crippen molar-refractivity contribution in [3.8, 4) is 0 Å². The van der Waals surface area contributed by atoms with E-state index in [-0.39, 0.29) is 29.1 Å². The summed E-state index contributed by atoms with van der Waals surface area (Å²) in [4.78, 5) is 36.3. The molecule has 4 saturated carbocycles. The van der Waals surface area contributed by atoms with Crippen molar-refractivity contribution in [3.63, 3.8) is 0 Å². The molecule has 5 nitrogen and oxygen atoms in total. The first-order chi connectivity index (χ1) is 15.6. The van der Waals surface area contributed by atoms with Gasteiger partial charge in [0, 0.05) is 19.3 Å². The molecule has 0 heterocycles. The average Bonchev–Trinajstić information content (AvgIpc) is 3.12. The van der Waals surface area contributed by atoms with Crippen molar-refractivity contribution >= 4 is 17.7 Å². The Morgan fingerprint density at radius 3 is 2.39 bits per heavy atom. The Morgan fingerprint density at radius 2 is 1.70 bits per heavy atom. The molecule has 4 rings (SSSR count). The van der Waals surface area contributed by atoms with Crippen molar-refractivity contribution in [1.29, 1.82) is 0 Å². The van der Waals surface area contributed by atoms with Gasteiger partial charge in [0.2, 0.25) is 0 Å². The minimum atomic E-state index is -0.521. The van der Waals surface area contributed by atoms with Gasteiger partial charge in [-0.25, -0.2) is 0 Å². The maximum Gasteiger partial charge on any atom is 0.305 e. The number of fused-ring (bicyclic) bond motifs is 5. The van der Waals surface area contributed by atoms with Gasteiger partial charge in [0.25, 0.3) is 0 Å². The fourth-order valence-electron chi connectivity index (χ4n) is 9.26. The fraction of sp³-hybridized carbons (Fsp3) is 0.893. The third-order valence-corrected chi connectivity index (χ3v) is 10.8. The molecule has 0 spiro atoms. The van der Waals surface area contributed by atoms with E-state index >= 15 is 0 Å². The maximum atomic E-state index is 13.3. The summed E-state index contributed by atoms with van der Waals surface area (Å²) in [7, 11) is 1.47. The summed E-state index contributed by atoms with van der Waals surface area (Å²) in [5.41, 5.74) is 0.441. The summed E-state index contributed by atoms with van der Waals surface area (Å²) in [5, 5.41) is 0. The van der Waals surface area contributed by atoms with E-state index in [1.807, 2.05) is 0 Å². The van der Waals surface area contributed by atoms with Crippen LogP contribution in [-0.4, -0.2) is 30.9 Å². The van der Waals surface area contributed by atoms with Crippen molar-refractivity contribution in [3.05, 3.63) is 0 Å². The molecule has 0 aromatic rings. The van der Waals surface area contributed by atoms with Gasteiger partial charge in [0.1, 0.15) is 0 Å². The SMILES string of the molecule is COC(=O)CCC[C@@H](C)[C@H]1CC[C@H]2[C@@H]3CCC4C(=O)[C@@H](OC(C)=O)CC[C@]4(C)[C@H]3CC[C@]12C. The highest BCUT2D eigenvalue weighted by Crippen LogP contribution is 2.68. The zero-order valence-electron chi connectivity index (χ0n) is 21.4. The van der Waals surface area contributed by atoms with Gasteiger partial charge < -0.3 is 9.47 Å². The molecule has 0 saturated heterocycles. The van der Waals surface area contributed by atoms with Crippen molar-refractivity contribution < 1.29 is 23.9 Å². The van der Waals surface area contributed by atoms with Crippen molar-refractivity contribution in [1.82, 2.24) is 0 Å². The topological polar surface area (TPSA) is 69.7 Å². The van der Waals surface area contributed by atoms with Crippen LogP contribution in [0.1, 0.15) is 98.3 Å². The van der Waals surface area contributed by atoms with Crippen LogP contribution in [0, 0.1) is 46.3 Å². The van der Waals surface area contributed by atoms with Gasteiger partial charge in [-0.15, -0.1) is 0 Å². The number of carbonyl (C=O) groups is 3. The number of methoxy groups -OCH3 is 1. The van der Waals surface area contributed by atoms with E-state index in [1.54, 1.807) is 0 Å². The van der Waals surface area contributed by atoms with E-state index in [9.17, 15) is 14.4 Å². The summed E-state index contributed by atoms with van der Waals surface area (Å²) in [6, 6.07) is 0. The van der Waals surface area contributed by atoms with Crippen molar-refractivity contribution in [2.75, 3.05) is 7.11 Å². The second-order valence-corrected chi connectivity index (χ2v) is 12.2. The lowest BCUT2D eigenvalue weighted by molar-refractivity contribution is -0.172.